The second-order valence-electron chi connectivity index (χ2n) is 8.23. The van der Waals surface area contributed by atoms with E-state index in [1.165, 1.54) is 0 Å². The van der Waals surface area contributed by atoms with Crippen LogP contribution < -0.4 is 4.74 Å². The first-order valence-electron chi connectivity index (χ1n) is 11.1. The minimum atomic E-state index is -4.10. The third kappa shape index (κ3) is 5.51. The second kappa shape index (κ2) is 10.4. The van der Waals surface area contributed by atoms with E-state index in [4.69, 9.17) is 4.74 Å². The molecule has 0 aliphatic carbocycles. The quantitative estimate of drug-likeness (QED) is 0.433. The van der Waals surface area contributed by atoms with Gasteiger partial charge in [0.15, 0.2) is 17.4 Å². The molecular formula is C26H25F2NO4S. The van der Waals surface area contributed by atoms with Crippen molar-refractivity contribution in [3.63, 3.8) is 0 Å². The number of rotatable bonds is 9. The number of hydrogen-bond donors (Lipinski definition) is 0. The fourth-order valence-electron chi connectivity index (χ4n) is 4.04. The van der Waals surface area contributed by atoms with Gasteiger partial charge in [0.05, 0.1) is 10.9 Å². The highest BCUT2D eigenvalue weighted by Crippen LogP contribution is 2.28. The Morgan fingerprint density at radius 3 is 2.35 bits per heavy atom. The molecule has 1 aliphatic heterocycles. The average molecular weight is 486 g/mol. The van der Waals surface area contributed by atoms with Crippen molar-refractivity contribution in [1.82, 2.24) is 4.31 Å². The number of nitrogens with zero attached hydrogens (tertiary/aromatic N) is 1. The molecule has 0 N–H and O–H groups in total. The molecule has 3 aromatic carbocycles. The van der Waals surface area contributed by atoms with Crippen molar-refractivity contribution in [2.24, 2.45) is 0 Å². The van der Waals surface area contributed by atoms with Crippen LogP contribution in [-0.4, -0.2) is 31.1 Å². The first kappa shape index (κ1) is 24.0. The summed E-state index contributed by atoms with van der Waals surface area (Å²) in [7, 11) is -4.10. The standard InChI is InChI=1S/C26H25F2NO4S/c27-23-14-13-22(17-24(23)28)34(31,32)29-16-4-7-25(29)26(30)15-12-19-8-10-20(11-9-19)18-33-21-5-2-1-3-6-21/h1-3,5-6,8-11,13-14,17,25H,4,7,12,15-16,18H2/t25-/m0/s1. The Hall–Kier alpha value is -3.10. The molecule has 34 heavy (non-hydrogen) atoms. The number of Topliss-reactive ketones (excluding diaryl/α,β-unsaturated/α-hetero) is 1. The molecule has 3 aromatic rings. The van der Waals surface area contributed by atoms with Crippen LogP contribution in [0.2, 0.25) is 0 Å². The number of halogens is 2. The summed E-state index contributed by atoms with van der Waals surface area (Å²) in [5, 5.41) is 0. The number of carbonyl (C=O) groups excluding carboxylic acids is 1. The van der Waals surface area contributed by atoms with E-state index in [1.807, 2.05) is 54.6 Å². The van der Waals surface area contributed by atoms with Gasteiger partial charge in [-0.1, -0.05) is 42.5 Å². The minimum absolute atomic E-state index is 0.174. The van der Waals surface area contributed by atoms with Crippen molar-refractivity contribution in [3.05, 3.63) is 95.6 Å². The zero-order valence-corrected chi connectivity index (χ0v) is 19.3. The van der Waals surface area contributed by atoms with Gasteiger partial charge in [0, 0.05) is 13.0 Å². The molecule has 0 unspecified atom stereocenters. The van der Waals surface area contributed by atoms with Crippen molar-refractivity contribution in [2.75, 3.05) is 6.54 Å². The van der Waals surface area contributed by atoms with Gasteiger partial charge in [0.25, 0.3) is 0 Å². The molecule has 0 amide bonds. The van der Waals surface area contributed by atoms with Gasteiger partial charge < -0.3 is 4.74 Å². The fourth-order valence-corrected chi connectivity index (χ4v) is 5.73. The van der Waals surface area contributed by atoms with E-state index in [-0.39, 0.29) is 23.6 Å². The summed E-state index contributed by atoms with van der Waals surface area (Å²) in [6.45, 7) is 0.607. The third-order valence-electron chi connectivity index (χ3n) is 5.90. The summed E-state index contributed by atoms with van der Waals surface area (Å²) in [5.74, 6) is -1.75. The van der Waals surface area contributed by atoms with Crippen LogP contribution in [0.25, 0.3) is 0 Å². The minimum Gasteiger partial charge on any atom is -0.489 e. The lowest BCUT2D eigenvalue weighted by Gasteiger charge is -2.23. The third-order valence-corrected chi connectivity index (χ3v) is 7.81. The lowest BCUT2D eigenvalue weighted by atomic mass is 10.0. The summed E-state index contributed by atoms with van der Waals surface area (Å²) in [6, 6.07) is 18.9. The van der Waals surface area contributed by atoms with E-state index < -0.39 is 27.7 Å². The highest BCUT2D eigenvalue weighted by molar-refractivity contribution is 7.89. The Morgan fingerprint density at radius 1 is 0.941 bits per heavy atom. The van der Waals surface area contributed by atoms with Crippen molar-refractivity contribution in [3.8, 4) is 5.75 Å². The van der Waals surface area contributed by atoms with Gasteiger partial charge in [-0.15, -0.1) is 0 Å². The Balaban J connectivity index is 1.35. The molecule has 1 atom stereocenters. The molecule has 5 nitrogen and oxygen atoms in total. The monoisotopic (exact) mass is 485 g/mol. The first-order chi connectivity index (χ1) is 16.3. The van der Waals surface area contributed by atoms with Crippen LogP contribution >= 0.6 is 0 Å². The van der Waals surface area contributed by atoms with Crippen LogP contribution in [0.3, 0.4) is 0 Å². The number of carbonyl (C=O) groups is 1. The highest BCUT2D eigenvalue weighted by Gasteiger charge is 2.39. The molecule has 178 valence electrons. The number of hydrogen-bond acceptors (Lipinski definition) is 4. The molecule has 1 fully saturated rings. The topological polar surface area (TPSA) is 63.7 Å². The molecule has 1 heterocycles. The maximum atomic E-state index is 13.6. The number of sulfonamides is 1. The zero-order chi connectivity index (χ0) is 24.1. The van der Waals surface area contributed by atoms with Crippen molar-refractivity contribution < 1.29 is 26.7 Å². The predicted octanol–water partition coefficient (Wildman–Crippen LogP) is 4.90. The van der Waals surface area contributed by atoms with Gasteiger partial charge in [-0.05, 0) is 60.7 Å². The molecule has 0 aromatic heterocycles. The molecule has 0 spiro atoms. The van der Waals surface area contributed by atoms with Gasteiger partial charge >= 0.3 is 0 Å². The molecule has 1 saturated heterocycles. The first-order valence-corrected chi connectivity index (χ1v) is 12.5. The summed E-state index contributed by atoms with van der Waals surface area (Å²) in [5.41, 5.74) is 1.96. The van der Waals surface area contributed by atoms with Gasteiger partial charge in [-0.3, -0.25) is 4.79 Å². The van der Waals surface area contributed by atoms with Gasteiger partial charge in [-0.25, -0.2) is 17.2 Å². The van der Waals surface area contributed by atoms with Crippen LogP contribution in [0, 0.1) is 11.6 Å². The summed E-state index contributed by atoms with van der Waals surface area (Å²) < 4.78 is 59.6. The van der Waals surface area contributed by atoms with Crippen LogP contribution in [0.5, 0.6) is 5.75 Å². The van der Waals surface area contributed by atoms with Crippen molar-refractivity contribution in [2.45, 2.75) is 43.2 Å². The predicted molar refractivity (Wildman–Crippen MR) is 124 cm³/mol. The number of benzene rings is 3. The summed E-state index contributed by atoms with van der Waals surface area (Å²) in [4.78, 5) is 12.5. The van der Waals surface area contributed by atoms with E-state index in [0.29, 0.717) is 31.9 Å². The Labute approximate surface area is 198 Å². The smallest absolute Gasteiger partial charge is 0.243 e. The molecule has 0 radical (unpaired) electrons. The van der Waals surface area contributed by atoms with E-state index in [0.717, 1.165) is 33.3 Å². The maximum Gasteiger partial charge on any atom is 0.243 e. The van der Waals surface area contributed by atoms with Crippen LogP contribution in [0.15, 0.2) is 77.7 Å². The maximum absolute atomic E-state index is 13.6. The zero-order valence-electron chi connectivity index (χ0n) is 18.5. The normalized spacial score (nSPS) is 16.5. The molecule has 1 aliphatic rings. The number of ether oxygens (including phenoxy) is 1. The SMILES string of the molecule is O=C(CCc1ccc(COc2ccccc2)cc1)[C@@H]1CCCN1S(=O)(=O)c1ccc(F)c(F)c1. The largest absolute Gasteiger partial charge is 0.489 e. The average Bonchev–Trinajstić information content (AvgIpc) is 3.35. The number of ketones is 1. The Bertz CT molecular complexity index is 1250. The van der Waals surface area contributed by atoms with Crippen molar-refractivity contribution in [1.29, 1.82) is 0 Å². The van der Waals surface area contributed by atoms with Gasteiger partial charge in [-0.2, -0.15) is 4.31 Å². The molecular weight excluding hydrogens is 460 g/mol. The summed E-state index contributed by atoms with van der Waals surface area (Å²) >= 11 is 0. The lowest BCUT2D eigenvalue weighted by Crippen LogP contribution is -2.40. The van der Waals surface area contributed by atoms with Crippen LogP contribution in [0.4, 0.5) is 8.78 Å². The number of para-hydroxylation sites is 1. The molecule has 0 saturated carbocycles. The van der Waals surface area contributed by atoms with E-state index in [2.05, 4.69) is 0 Å². The second-order valence-corrected chi connectivity index (χ2v) is 10.1. The molecule has 8 heteroatoms. The van der Waals surface area contributed by atoms with Crippen LogP contribution in [0.1, 0.15) is 30.4 Å². The Morgan fingerprint density at radius 2 is 1.65 bits per heavy atom. The van der Waals surface area contributed by atoms with Gasteiger partial charge in [0.2, 0.25) is 10.0 Å². The highest BCUT2D eigenvalue weighted by atomic mass is 32.2. The van der Waals surface area contributed by atoms with E-state index in [1.54, 1.807) is 0 Å². The molecule has 0 bridgehead atoms. The fraction of sp³-hybridized carbons (Fsp3) is 0.269. The lowest BCUT2D eigenvalue weighted by molar-refractivity contribution is -0.122. The molecule has 4 rings (SSSR count). The van der Waals surface area contributed by atoms with Gasteiger partial charge in [0.1, 0.15) is 12.4 Å². The Kier molecular flexibility index (Phi) is 7.38. The number of aryl methyl sites for hydroxylation is 1. The van der Waals surface area contributed by atoms with Crippen LogP contribution in [-0.2, 0) is 27.8 Å². The van der Waals surface area contributed by atoms with Crippen molar-refractivity contribution >= 4 is 15.8 Å². The van der Waals surface area contributed by atoms with E-state index >= 15 is 0 Å². The van der Waals surface area contributed by atoms with E-state index in [9.17, 15) is 22.0 Å². The summed E-state index contributed by atoms with van der Waals surface area (Å²) in [6.07, 6.45) is 1.62.